The van der Waals surface area contributed by atoms with Crippen LogP contribution < -0.4 is 0 Å². The summed E-state index contributed by atoms with van der Waals surface area (Å²) in [4.78, 5) is 0. The Hall–Kier alpha value is -0.0831. The minimum absolute atomic E-state index is 0.624. The van der Waals surface area contributed by atoms with Crippen molar-refractivity contribution in [2.75, 3.05) is 6.61 Å². The quantitative estimate of drug-likeness (QED) is 0.327. The number of rotatable bonds is 9. The molecule has 1 aliphatic rings. The molecule has 0 aromatic rings. The molecule has 1 heterocycles. The number of hydrogen-bond acceptors (Lipinski definition) is 1. The van der Waals surface area contributed by atoms with Crippen molar-refractivity contribution in [1.82, 2.24) is 0 Å². The number of allylic oxidation sites excluding steroid dienone is 1. The molecule has 0 aromatic carbocycles. The third-order valence-corrected chi connectivity index (χ3v) is 9.30. The van der Waals surface area contributed by atoms with Gasteiger partial charge in [0, 0.05) is 0 Å². The molecule has 1 rings (SSSR count). The molecule has 1 aliphatic heterocycles. The van der Waals surface area contributed by atoms with Crippen LogP contribution in [-0.4, -0.2) is 20.8 Å². The zero-order valence-corrected chi connectivity index (χ0v) is 12.3. The topological polar surface area (TPSA) is 12.5 Å². The largest absolute Gasteiger partial charge is 0.373 e. The maximum Gasteiger partial charge on any atom is 0.0810 e. The van der Waals surface area contributed by atoms with Crippen LogP contribution in [0.15, 0.2) is 11.8 Å². The van der Waals surface area contributed by atoms with E-state index in [1.165, 1.54) is 43.8 Å². The molecule has 0 aromatic heterocycles. The van der Waals surface area contributed by atoms with Crippen molar-refractivity contribution in [3.63, 3.8) is 0 Å². The lowest BCUT2D eigenvalue weighted by atomic mass is 10.1. The highest BCUT2D eigenvalue weighted by Crippen LogP contribution is 2.22. The van der Waals surface area contributed by atoms with Gasteiger partial charge in [-0.1, -0.05) is 57.1 Å². The molecule has 1 atom stereocenters. The fourth-order valence-electron chi connectivity index (χ4n) is 2.31. The molecule has 1 fully saturated rings. The summed E-state index contributed by atoms with van der Waals surface area (Å²) in [5.74, 6) is 0. The molecule has 1 saturated heterocycles. The molecule has 94 valence electrons. The summed E-state index contributed by atoms with van der Waals surface area (Å²) in [6, 6.07) is 4.23. The summed E-state index contributed by atoms with van der Waals surface area (Å²) in [6.45, 7) is 8.13. The van der Waals surface area contributed by atoms with Gasteiger partial charge in [0.2, 0.25) is 0 Å². The maximum absolute atomic E-state index is 5.21. The van der Waals surface area contributed by atoms with Crippen molar-refractivity contribution in [1.29, 1.82) is 0 Å². The molecule has 0 spiro atoms. The third-order valence-electron chi connectivity index (χ3n) is 4.13. The van der Waals surface area contributed by atoms with E-state index in [0.717, 1.165) is 6.61 Å². The molecule has 0 N–H and O–H groups in total. The lowest BCUT2D eigenvalue weighted by molar-refractivity contribution is 0.390. The Balaban J connectivity index is 2.12. The summed E-state index contributed by atoms with van der Waals surface area (Å²) >= 11 is 0. The Morgan fingerprint density at radius 1 is 1.12 bits per heavy atom. The standard InChI is InChI=1S/C14H28OSi/c1-4-16(5-2,6-3)12-10-8-7-9-11-14-13-15-14/h10,12,14H,4-9,11,13H2,1-3H3/b12-10-. The van der Waals surface area contributed by atoms with E-state index in [0.29, 0.717) is 6.10 Å². The van der Waals surface area contributed by atoms with Gasteiger partial charge in [-0.2, -0.15) is 0 Å². The number of hydrogen-bond donors (Lipinski definition) is 0. The molecule has 0 bridgehead atoms. The summed E-state index contributed by atoms with van der Waals surface area (Å²) < 4.78 is 5.21. The first-order valence-corrected chi connectivity index (χ1v) is 9.75. The first-order chi connectivity index (χ1) is 7.76. The highest BCUT2D eigenvalue weighted by molar-refractivity contribution is 6.84. The SMILES string of the molecule is CC[Si](/C=C\CCCCC1CO1)(CC)CC. The van der Waals surface area contributed by atoms with Gasteiger partial charge in [-0.3, -0.25) is 0 Å². The van der Waals surface area contributed by atoms with Crippen molar-refractivity contribution in [2.24, 2.45) is 0 Å². The van der Waals surface area contributed by atoms with Crippen molar-refractivity contribution in [2.45, 2.75) is 70.7 Å². The molecule has 0 radical (unpaired) electrons. The third kappa shape index (κ3) is 4.83. The molecule has 0 amide bonds. The molecule has 16 heavy (non-hydrogen) atoms. The highest BCUT2D eigenvalue weighted by atomic mass is 28.3. The monoisotopic (exact) mass is 240 g/mol. The van der Waals surface area contributed by atoms with Gasteiger partial charge < -0.3 is 4.74 Å². The van der Waals surface area contributed by atoms with E-state index in [9.17, 15) is 0 Å². The summed E-state index contributed by atoms with van der Waals surface area (Å²) in [6.07, 6.45) is 8.34. The van der Waals surface area contributed by atoms with Crippen LogP contribution in [0.4, 0.5) is 0 Å². The van der Waals surface area contributed by atoms with Crippen LogP contribution in [0.5, 0.6) is 0 Å². The summed E-state index contributed by atoms with van der Waals surface area (Å²) in [5.41, 5.74) is 2.61. The average molecular weight is 240 g/mol. The number of unbranched alkanes of at least 4 members (excludes halogenated alkanes) is 2. The Morgan fingerprint density at radius 3 is 2.25 bits per heavy atom. The predicted octanol–water partition coefficient (Wildman–Crippen LogP) is 4.55. The minimum Gasteiger partial charge on any atom is -0.373 e. The van der Waals surface area contributed by atoms with Crippen LogP contribution in [0.25, 0.3) is 0 Å². The molecule has 1 unspecified atom stereocenters. The van der Waals surface area contributed by atoms with Gasteiger partial charge in [0.1, 0.15) is 0 Å². The highest BCUT2D eigenvalue weighted by Gasteiger charge is 2.22. The molecular formula is C14H28OSi. The summed E-state index contributed by atoms with van der Waals surface area (Å²) in [7, 11) is -0.992. The fourth-order valence-corrected chi connectivity index (χ4v) is 5.18. The van der Waals surface area contributed by atoms with Crippen LogP contribution in [0, 0.1) is 0 Å². The molecule has 0 aliphatic carbocycles. The fraction of sp³-hybridized carbons (Fsp3) is 0.857. The zero-order chi connectivity index (χ0) is 11.9. The van der Waals surface area contributed by atoms with Crippen LogP contribution in [0.3, 0.4) is 0 Å². The van der Waals surface area contributed by atoms with Crippen molar-refractivity contribution in [3.05, 3.63) is 11.8 Å². The van der Waals surface area contributed by atoms with Crippen molar-refractivity contribution < 1.29 is 4.74 Å². The normalized spacial score (nSPS) is 20.6. The van der Waals surface area contributed by atoms with Crippen molar-refractivity contribution in [3.8, 4) is 0 Å². The maximum atomic E-state index is 5.21. The minimum atomic E-state index is -0.992. The van der Waals surface area contributed by atoms with E-state index in [1.54, 1.807) is 0 Å². The molecule has 2 heteroatoms. The Morgan fingerprint density at radius 2 is 1.75 bits per heavy atom. The Kier molecular flexibility index (Phi) is 6.36. The van der Waals surface area contributed by atoms with Gasteiger partial charge in [-0.25, -0.2) is 0 Å². The van der Waals surface area contributed by atoms with E-state index in [1.807, 2.05) is 0 Å². The van der Waals surface area contributed by atoms with Crippen LogP contribution >= 0.6 is 0 Å². The predicted molar refractivity (Wildman–Crippen MR) is 74.5 cm³/mol. The summed E-state index contributed by atoms with van der Waals surface area (Å²) in [5, 5.41) is 0. The average Bonchev–Trinajstić information content (AvgIpc) is 3.13. The number of ether oxygens (including phenoxy) is 1. The first-order valence-electron chi connectivity index (χ1n) is 7.05. The zero-order valence-electron chi connectivity index (χ0n) is 11.3. The molecule has 0 saturated carbocycles. The lowest BCUT2D eigenvalue weighted by Gasteiger charge is -2.23. The van der Waals surface area contributed by atoms with Gasteiger partial charge >= 0.3 is 0 Å². The van der Waals surface area contributed by atoms with Gasteiger partial charge in [0.25, 0.3) is 0 Å². The first kappa shape index (κ1) is 14.0. The number of epoxide rings is 1. The van der Waals surface area contributed by atoms with Crippen LogP contribution in [-0.2, 0) is 4.74 Å². The second kappa shape index (κ2) is 7.28. The van der Waals surface area contributed by atoms with E-state index in [-0.39, 0.29) is 0 Å². The van der Waals surface area contributed by atoms with Gasteiger partial charge in [0.05, 0.1) is 20.8 Å². The van der Waals surface area contributed by atoms with E-state index >= 15 is 0 Å². The van der Waals surface area contributed by atoms with Crippen LogP contribution in [0.1, 0.15) is 46.5 Å². The van der Waals surface area contributed by atoms with E-state index in [4.69, 9.17) is 4.74 Å². The molecular weight excluding hydrogens is 212 g/mol. The van der Waals surface area contributed by atoms with Gasteiger partial charge in [0.15, 0.2) is 0 Å². The van der Waals surface area contributed by atoms with Gasteiger partial charge in [-0.05, 0) is 19.3 Å². The lowest BCUT2D eigenvalue weighted by Crippen LogP contribution is -2.28. The van der Waals surface area contributed by atoms with E-state index < -0.39 is 8.07 Å². The van der Waals surface area contributed by atoms with E-state index in [2.05, 4.69) is 32.5 Å². The van der Waals surface area contributed by atoms with Crippen molar-refractivity contribution >= 4 is 8.07 Å². The van der Waals surface area contributed by atoms with Crippen LogP contribution in [0.2, 0.25) is 18.1 Å². The Bertz CT molecular complexity index is 197. The second-order valence-electron chi connectivity index (χ2n) is 5.07. The van der Waals surface area contributed by atoms with Gasteiger partial charge in [-0.15, -0.1) is 0 Å². The Labute approximate surface area is 102 Å². The molecule has 1 nitrogen and oxygen atoms in total. The smallest absolute Gasteiger partial charge is 0.0810 e. The second-order valence-corrected chi connectivity index (χ2v) is 10.2.